The number of aryl methyl sites for hydroxylation is 2. The quantitative estimate of drug-likeness (QED) is 0.598. The fraction of sp³-hybridized carbons (Fsp3) is 0.182. The van der Waals surface area contributed by atoms with Crippen LogP contribution in [-0.4, -0.2) is 25.4 Å². The minimum absolute atomic E-state index is 0.0607. The van der Waals surface area contributed by atoms with Crippen molar-refractivity contribution in [1.82, 2.24) is 4.98 Å². The van der Waals surface area contributed by atoms with Crippen LogP contribution in [0, 0.1) is 13.8 Å². The zero-order valence-corrected chi connectivity index (χ0v) is 17.7. The lowest BCUT2D eigenvalue weighted by Crippen LogP contribution is -2.30. The van der Waals surface area contributed by atoms with E-state index in [9.17, 15) is 13.2 Å². The monoisotopic (exact) mass is 425 g/mol. The van der Waals surface area contributed by atoms with E-state index in [1.54, 1.807) is 25.1 Å². The van der Waals surface area contributed by atoms with Crippen molar-refractivity contribution >= 4 is 27.4 Å². The summed E-state index contributed by atoms with van der Waals surface area (Å²) in [7, 11) is -3.77. The van der Waals surface area contributed by atoms with Gasteiger partial charge in [0.1, 0.15) is 11.6 Å². The van der Waals surface area contributed by atoms with Gasteiger partial charge in [0.05, 0.1) is 4.90 Å². The minimum atomic E-state index is -3.77. The van der Waals surface area contributed by atoms with Crippen LogP contribution in [0.3, 0.4) is 0 Å². The molecule has 0 aliphatic heterocycles. The molecule has 0 saturated carbocycles. The third-order valence-corrected chi connectivity index (χ3v) is 5.87. The van der Waals surface area contributed by atoms with Gasteiger partial charge in [-0.25, -0.2) is 13.4 Å². The molecule has 0 bridgehead atoms. The van der Waals surface area contributed by atoms with Crippen molar-refractivity contribution in [3.63, 3.8) is 0 Å². The number of hydrogen-bond donors (Lipinski definition) is 2. The third kappa shape index (κ3) is 5.36. The number of ether oxygens (including phenoxy) is 1. The van der Waals surface area contributed by atoms with Crippen LogP contribution >= 0.6 is 0 Å². The molecule has 7 nitrogen and oxygen atoms in total. The number of nitrogens with one attached hydrogen (secondary N) is 2. The van der Waals surface area contributed by atoms with E-state index < -0.39 is 16.1 Å². The Morgan fingerprint density at radius 3 is 2.37 bits per heavy atom. The first-order valence-electron chi connectivity index (χ1n) is 9.33. The molecule has 1 atom stereocenters. The van der Waals surface area contributed by atoms with Gasteiger partial charge >= 0.3 is 0 Å². The van der Waals surface area contributed by atoms with E-state index >= 15 is 0 Å². The summed E-state index contributed by atoms with van der Waals surface area (Å²) in [6.45, 7) is 5.64. The fourth-order valence-electron chi connectivity index (χ4n) is 2.63. The Morgan fingerprint density at radius 2 is 1.73 bits per heavy atom. The summed E-state index contributed by atoms with van der Waals surface area (Å²) in [5.74, 6) is 0.505. The second-order valence-corrected chi connectivity index (χ2v) is 8.52. The van der Waals surface area contributed by atoms with Crippen LogP contribution in [0.2, 0.25) is 0 Å². The molecule has 1 aromatic heterocycles. The lowest BCUT2D eigenvalue weighted by molar-refractivity contribution is -0.122. The Morgan fingerprint density at radius 1 is 1.00 bits per heavy atom. The molecule has 30 heavy (non-hydrogen) atoms. The molecule has 1 unspecified atom stereocenters. The van der Waals surface area contributed by atoms with Crippen molar-refractivity contribution in [3.8, 4) is 5.75 Å². The standard InChI is InChI=1S/C22H23N3O4S/c1-15-7-10-19(14-16(15)2)29-17(3)22(26)24-18-8-11-20(12-9-18)30(27,28)25-21-6-4-5-13-23-21/h4-14,17H,1-3H3,(H,23,25)(H,24,26). The highest BCUT2D eigenvalue weighted by atomic mass is 32.2. The third-order valence-electron chi connectivity index (χ3n) is 4.50. The maximum absolute atomic E-state index is 12.4. The van der Waals surface area contributed by atoms with Crippen LogP contribution in [0.15, 0.2) is 71.8 Å². The SMILES string of the molecule is Cc1ccc(OC(C)C(=O)Nc2ccc(S(=O)(=O)Nc3ccccn3)cc2)cc1C. The molecule has 0 radical (unpaired) electrons. The van der Waals surface area contributed by atoms with E-state index in [1.807, 2.05) is 32.0 Å². The normalized spacial score (nSPS) is 12.1. The van der Waals surface area contributed by atoms with Gasteiger partial charge in [0, 0.05) is 11.9 Å². The van der Waals surface area contributed by atoms with E-state index in [0.717, 1.165) is 11.1 Å². The number of anilines is 2. The largest absolute Gasteiger partial charge is 0.481 e. The van der Waals surface area contributed by atoms with Gasteiger partial charge in [-0.2, -0.15) is 0 Å². The smallest absolute Gasteiger partial charge is 0.265 e. The first kappa shape index (κ1) is 21.3. The molecule has 156 valence electrons. The van der Waals surface area contributed by atoms with Gasteiger partial charge in [-0.15, -0.1) is 0 Å². The summed E-state index contributed by atoms with van der Waals surface area (Å²) in [5, 5.41) is 2.72. The number of carbonyl (C=O) groups excluding carboxylic acids is 1. The summed E-state index contributed by atoms with van der Waals surface area (Å²) in [6, 6.07) is 16.4. The minimum Gasteiger partial charge on any atom is -0.481 e. The average molecular weight is 426 g/mol. The molecule has 1 amide bonds. The predicted molar refractivity (Wildman–Crippen MR) is 116 cm³/mol. The lowest BCUT2D eigenvalue weighted by Gasteiger charge is -2.16. The Labute approximate surface area is 176 Å². The number of rotatable bonds is 7. The second kappa shape index (κ2) is 8.96. The summed E-state index contributed by atoms with van der Waals surface area (Å²) >= 11 is 0. The second-order valence-electron chi connectivity index (χ2n) is 6.84. The summed E-state index contributed by atoms with van der Waals surface area (Å²) in [5.41, 5.74) is 2.69. The average Bonchev–Trinajstić information content (AvgIpc) is 2.71. The molecule has 0 saturated heterocycles. The maximum Gasteiger partial charge on any atom is 0.265 e. The van der Waals surface area contributed by atoms with Crippen LogP contribution in [0.5, 0.6) is 5.75 Å². The first-order valence-corrected chi connectivity index (χ1v) is 10.8. The Kier molecular flexibility index (Phi) is 6.37. The molecular weight excluding hydrogens is 402 g/mol. The highest BCUT2D eigenvalue weighted by Crippen LogP contribution is 2.20. The van der Waals surface area contributed by atoms with Crippen LogP contribution in [0.25, 0.3) is 0 Å². The van der Waals surface area contributed by atoms with Gasteiger partial charge < -0.3 is 10.1 Å². The number of hydrogen-bond acceptors (Lipinski definition) is 5. The Bertz CT molecular complexity index is 1130. The van der Waals surface area contributed by atoms with Crippen molar-refractivity contribution in [2.24, 2.45) is 0 Å². The molecule has 8 heteroatoms. The van der Waals surface area contributed by atoms with Crippen molar-refractivity contribution in [2.45, 2.75) is 31.8 Å². The van der Waals surface area contributed by atoms with Gasteiger partial charge in [-0.1, -0.05) is 12.1 Å². The zero-order valence-electron chi connectivity index (χ0n) is 16.9. The highest BCUT2D eigenvalue weighted by Gasteiger charge is 2.17. The Hall–Kier alpha value is -3.39. The number of nitrogens with zero attached hydrogens (tertiary/aromatic N) is 1. The maximum atomic E-state index is 12.4. The molecular formula is C22H23N3O4S. The molecule has 3 aromatic rings. The van der Waals surface area contributed by atoms with E-state index in [0.29, 0.717) is 11.4 Å². The first-order chi connectivity index (χ1) is 14.2. The van der Waals surface area contributed by atoms with Crippen LogP contribution < -0.4 is 14.8 Å². The van der Waals surface area contributed by atoms with Crippen LogP contribution in [-0.2, 0) is 14.8 Å². The molecule has 3 rings (SSSR count). The predicted octanol–water partition coefficient (Wildman–Crippen LogP) is 3.91. The van der Waals surface area contributed by atoms with Gasteiger partial charge in [0.25, 0.3) is 15.9 Å². The number of aromatic nitrogens is 1. The molecule has 2 N–H and O–H groups in total. The molecule has 0 spiro atoms. The topological polar surface area (TPSA) is 97.4 Å². The van der Waals surface area contributed by atoms with E-state index in [2.05, 4.69) is 15.0 Å². The summed E-state index contributed by atoms with van der Waals surface area (Å²) in [4.78, 5) is 16.4. The zero-order chi connectivity index (χ0) is 21.7. The van der Waals surface area contributed by atoms with Gasteiger partial charge in [0.15, 0.2) is 6.10 Å². The fourth-order valence-corrected chi connectivity index (χ4v) is 3.63. The Balaban J connectivity index is 1.63. The molecule has 0 aliphatic rings. The van der Waals surface area contributed by atoms with E-state index in [4.69, 9.17) is 4.74 Å². The van der Waals surface area contributed by atoms with Crippen molar-refractivity contribution in [2.75, 3.05) is 10.0 Å². The van der Waals surface area contributed by atoms with Crippen LogP contribution in [0.1, 0.15) is 18.1 Å². The number of sulfonamides is 1. The van der Waals surface area contributed by atoms with Gasteiger partial charge in [-0.05, 0) is 80.4 Å². The van der Waals surface area contributed by atoms with Gasteiger partial charge in [0.2, 0.25) is 0 Å². The molecule has 0 fully saturated rings. The van der Waals surface area contributed by atoms with Crippen molar-refractivity contribution in [3.05, 3.63) is 78.0 Å². The molecule has 2 aromatic carbocycles. The molecule has 0 aliphatic carbocycles. The lowest BCUT2D eigenvalue weighted by atomic mass is 10.1. The van der Waals surface area contributed by atoms with Crippen molar-refractivity contribution in [1.29, 1.82) is 0 Å². The summed E-state index contributed by atoms with van der Waals surface area (Å²) < 4.78 is 33.0. The highest BCUT2D eigenvalue weighted by molar-refractivity contribution is 7.92. The summed E-state index contributed by atoms with van der Waals surface area (Å²) in [6.07, 6.45) is 0.777. The van der Waals surface area contributed by atoms with Crippen LogP contribution in [0.4, 0.5) is 11.5 Å². The van der Waals surface area contributed by atoms with Gasteiger partial charge in [-0.3, -0.25) is 9.52 Å². The number of benzene rings is 2. The number of amides is 1. The molecule has 1 heterocycles. The van der Waals surface area contributed by atoms with Crippen molar-refractivity contribution < 1.29 is 17.9 Å². The van der Waals surface area contributed by atoms with E-state index in [1.165, 1.54) is 30.5 Å². The number of pyridine rings is 1. The number of carbonyl (C=O) groups is 1. The van der Waals surface area contributed by atoms with E-state index in [-0.39, 0.29) is 16.6 Å².